The molecule has 0 aliphatic carbocycles. The third-order valence-electron chi connectivity index (χ3n) is 3.37. The first-order valence-electron chi connectivity index (χ1n) is 7.95. The van der Waals surface area contributed by atoms with Gasteiger partial charge in [0.15, 0.2) is 5.96 Å². The predicted octanol–water partition coefficient (Wildman–Crippen LogP) is 3.08. The molecule has 0 saturated carbocycles. The molecule has 0 spiro atoms. The summed E-state index contributed by atoms with van der Waals surface area (Å²) in [6.07, 6.45) is 3.75. The van der Waals surface area contributed by atoms with Gasteiger partial charge in [-0.3, -0.25) is 9.89 Å². The summed E-state index contributed by atoms with van der Waals surface area (Å²) >= 11 is 0. The highest BCUT2D eigenvalue weighted by Gasteiger charge is 2.09. The van der Waals surface area contributed by atoms with E-state index in [2.05, 4.69) is 55.1 Å². The number of nitrogens with one attached hydrogen (secondary N) is 2. The van der Waals surface area contributed by atoms with Gasteiger partial charge in [-0.25, -0.2) is 0 Å². The summed E-state index contributed by atoms with van der Waals surface area (Å²) < 4.78 is 0. The van der Waals surface area contributed by atoms with E-state index in [0.29, 0.717) is 6.04 Å². The van der Waals surface area contributed by atoms with Gasteiger partial charge in [0.25, 0.3) is 0 Å². The number of unbranched alkanes of at least 4 members (excludes halogenated alkanes) is 2. The zero-order chi connectivity index (χ0) is 14.5. The lowest BCUT2D eigenvalue weighted by atomic mass is 10.2. The number of hydrogen-bond donors (Lipinski definition) is 2. The van der Waals surface area contributed by atoms with Crippen molar-refractivity contribution in [3.05, 3.63) is 0 Å². The van der Waals surface area contributed by atoms with Gasteiger partial charge >= 0.3 is 0 Å². The Labute approximate surface area is 143 Å². The molecule has 0 heterocycles. The van der Waals surface area contributed by atoms with Crippen molar-refractivity contribution in [2.24, 2.45) is 4.99 Å². The van der Waals surface area contributed by atoms with Crippen molar-refractivity contribution >= 4 is 29.9 Å². The molecule has 5 heteroatoms. The fourth-order valence-electron chi connectivity index (χ4n) is 2.11. The zero-order valence-corrected chi connectivity index (χ0v) is 16.4. The van der Waals surface area contributed by atoms with Gasteiger partial charge in [-0.15, -0.1) is 24.0 Å². The minimum Gasteiger partial charge on any atom is -0.357 e. The Kier molecular flexibility index (Phi) is 17.1. The Hall–Kier alpha value is -0.0400. The standard InChI is InChI=1S/C15H34N4.HI/c1-6-10-11-12-17-15(16-7-2)18-13-14(5)19(8-3)9-4;/h14H,6-13H2,1-5H3,(H2,16,17,18);1H. The van der Waals surface area contributed by atoms with E-state index in [1.165, 1.54) is 19.3 Å². The largest absolute Gasteiger partial charge is 0.357 e. The summed E-state index contributed by atoms with van der Waals surface area (Å²) in [5.41, 5.74) is 0. The van der Waals surface area contributed by atoms with Crippen molar-refractivity contribution in [3.8, 4) is 0 Å². The number of nitrogens with zero attached hydrogens (tertiary/aromatic N) is 2. The third kappa shape index (κ3) is 10.7. The summed E-state index contributed by atoms with van der Waals surface area (Å²) in [4.78, 5) is 7.12. The normalized spacial score (nSPS) is 13.0. The summed E-state index contributed by atoms with van der Waals surface area (Å²) in [6, 6.07) is 0.501. The van der Waals surface area contributed by atoms with Gasteiger partial charge in [-0.1, -0.05) is 33.6 Å². The number of guanidine groups is 1. The first kappa shape index (κ1) is 22.2. The smallest absolute Gasteiger partial charge is 0.191 e. The highest BCUT2D eigenvalue weighted by molar-refractivity contribution is 14.0. The molecule has 0 aromatic carbocycles. The van der Waals surface area contributed by atoms with Crippen molar-refractivity contribution in [2.75, 3.05) is 32.7 Å². The molecular formula is C15H35IN4. The van der Waals surface area contributed by atoms with E-state index in [0.717, 1.165) is 38.7 Å². The van der Waals surface area contributed by atoms with Crippen LogP contribution in [0.2, 0.25) is 0 Å². The maximum absolute atomic E-state index is 4.68. The Balaban J connectivity index is 0. The van der Waals surface area contributed by atoms with Crippen molar-refractivity contribution in [1.29, 1.82) is 0 Å². The maximum Gasteiger partial charge on any atom is 0.191 e. The zero-order valence-electron chi connectivity index (χ0n) is 14.0. The highest BCUT2D eigenvalue weighted by atomic mass is 127. The Bertz CT molecular complexity index is 230. The van der Waals surface area contributed by atoms with Crippen molar-refractivity contribution in [2.45, 2.75) is 59.9 Å². The lowest BCUT2D eigenvalue weighted by Gasteiger charge is -2.25. The van der Waals surface area contributed by atoms with Crippen LogP contribution in [-0.4, -0.2) is 49.6 Å². The van der Waals surface area contributed by atoms with Crippen LogP contribution in [0.1, 0.15) is 53.9 Å². The van der Waals surface area contributed by atoms with Crippen LogP contribution in [0.15, 0.2) is 4.99 Å². The van der Waals surface area contributed by atoms with Gasteiger partial charge in [0.05, 0.1) is 6.54 Å². The van der Waals surface area contributed by atoms with Crippen molar-refractivity contribution < 1.29 is 0 Å². The fourth-order valence-corrected chi connectivity index (χ4v) is 2.11. The third-order valence-corrected chi connectivity index (χ3v) is 3.37. The number of hydrogen-bond acceptors (Lipinski definition) is 2. The molecule has 0 aromatic heterocycles. The molecule has 4 nitrogen and oxygen atoms in total. The molecule has 0 rings (SSSR count). The summed E-state index contributed by atoms with van der Waals surface area (Å²) in [5, 5.41) is 6.72. The van der Waals surface area contributed by atoms with Gasteiger partial charge in [-0.05, 0) is 33.4 Å². The Morgan fingerprint density at radius 3 is 2.20 bits per heavy atom. The van der Waals surface area contributed by atoms with Crippen LogP contribution < -0.4 is 10.6 Å². The maximum atomic E-state index is 4.68. The minimum atomic E-state index is 0. The van der Waals surface area contributed by atoms with Crippen molar-refractivity contribution in [1.82, 2.24) is 15.5 Å². The monoisotopic (exact) mass is 398 g/mol. The van der Waals surface area contributed by atoms with E-state index in [1.807, 2.05) is 0 Å². The van der Waals surface area contributed by atoms with Crippen LogP contribution in [0.3, 0.4) is 0 Å². The second-order valence-corrected chi connectivity index (χ2v) is 4.92. The van der Waals surface area contributed by atoms with Crippen LogP contribution in [-0.2, 0) is 0 Å². The summed E-state index contributed by atoms with van der Waals surface area (Å²) in [5.74, 6) is 0.956. The molecule has 2 N–H and O–H groups in total. The molecular weight excluding hydrogens is 363 g/mol. The molecule has 0 aromatic rings. The molecule has 0 fully saturated rings. The Morgan fingerprint density at radius 2 is 1.70 bits per heavy atom. The van der Waals surface area contributed by atoms with Gasteiger partial charge in [-0.2, -0.15) is 0 Å². The summed E-state index contributed by atoms with van der Waals surface area (Å²) in [6.45, 7) is 16.0. The van der Waals surface area contributed by atoms with E-state index in [4.69, 9.17) is 0 Å². The van der Waals surface area contributed by atoms with Gasteiger partial charge in [0.1, 0.15) is 0 Å². The second kappa shape index (κ2) is 15.4. The van der Waals surface area contributed by atoms with Gasteiger partial charge in [0, 0.05) is 19.1 Å². The van der Waals surface area contributed by atoms with Gasteiger partial charge in [0.2, 0.25) is 0 Å². The number of halogens is 1. The molecule has 0 aliphatic rings. The highest BCUT2D eigenvalue weighted by Crippen LogP contribution is 1.98. The van der Waals surface area contributed by atoms with Crippen LogP contribution in [0.25, 0.3) is 0 Å². The fraction of sp³-hybridized carbons (Fsp3) is 0.933. The summed E-state index contributed by atoms with van der Waals surface area (Å²) in [7, 11) is 0. The number of likely N-dealkylation sites (N-methyl/N-ethyl adjacent to an activating group) is 1. The molecule has 0 bridgehead atoms. The number of rotatable bonds is 10. The Morgan fingerprint density at radius 1 is 1.05 bits per heavy atom. The molecule has 122 valence electrons. The SMILES string of the molecule is CCCCCNC(=NCC(C)N(CC)CC)NCC.I. The van der Waals surface area contributed by atoms with Crippen LogP contribution in [0.5, 0.6) is 0 Å². The number of aliphatic imine (C=N–C) groups is 1. The molecule has 1 unspecified atom stereocenters. The predicted molar refractivity (Wildman–Crippen MR) is 101 cm³/mol. The van der Waals surface area contributed by atoms with E-state index in [1.54, 1.807) is 0 Å². The molecule has 0 aliphatic heterocycles. The average Bonchev–Trinajstić information content (AvgIpc) is 2.42. The molecule has 0 amide bonds. The quantitative estimate of drug-likeness (QED) is 0.257. The topological polar surface area (TPSA) is 39.7 Å². The van der Waals surface area contributed by atoms with Crippen molar-refractivity contribution in [3.63, 3.8) is 0 Å². The van der Waals surface area contributed by atoms with Gasteiger partial charge < -0.3 is 10.6 Å². The molecule has 20 heavy (non-hydrogen) atoms. The molecule has 1 atom stereocenters. The lowest BCUT2D eigenvalue weighted by molar-refractivity contribution is 0.237. The first-order valence-corrected chi connectivity index (χ1v) is 7.95. The van der Waals surface area contributed by atoms with E-state index in [-0.39, 0.29) is 24.0 Å². The first-order chi connectivity index (χ1) is 9.19. The average molecular weight is 398 g/mol. The molecule has 0 radical (unpaired) electrons. The van der Waals surface area contributed by atoms with E-state index in [9.17, 15) is 0 Å². The van der Waals surface area contributed by atoms with Crippen LogP contribution >= 0.6 is 24.0 Å². The van der Waals surface area contributed by atoms with E-state index < -0.39 is 0 Å². The van der Waals surface area contributed by atoms with Crippen LogP contribution in [0.4, 0.5) is 0 Å². The molecule has 0 saturated heterocycles. The minimum absolute atomic E-state index is 0. The lowest BCUT2D eigenvalue weighted by Crippen LogP contribution is -2.40. The van der Waals surface area contributed by atoms with Crippen LogP contribution in [0, 0.1) is 0 Å². The van der Waals surface area contributed by atoms with E-state index >= 15 is 0 Å². The second-order valence-electron chi connectivity index (χ2n) is 4.92.